The van der Waals surface area contributed by atoms with E-state index in [9.17, 15) is 13.2 Å². The highest BCUT2D eigenvalue weighted by molar-refractivity contribution is 7.89. The number of carbonyl (C=O) groups excluding carboxylic acids is 1. The Morgan fingerprint density at radius 3 is 2.67 bits per heavy atom. The van der Waals surface area contributed by atoms with Gasteiger partial charge in [-0.15, -0.1) is 0 Å². The lowest BCUT2D eigenvalue weighted by Gasteiger charge is -2.19. The Morgan fingerprint density at radius 1 is 1.48 bits per heavy atom. The van der Waals surface area contributed by atoms with Gasteiger partial charge in [0.2, 0.25) is 15.9 Å². The maximum atomic E-state index is 12.5. The predicted octanol–water partition coefficient (Wildman–Crippen LogP) is 1.13. The maximum Gasteiger partial charge on any atom is 0.243 e. The highest BCUT2D eigenvalue weighted by Crippen LogP contribution is 2.27. The van der Waals surface area contributed by atoms with Crippen LogP contribution in [0.5, 0.6) is 0 Å². The van der Waals surface area contributed by atoms with Crippen molar-refractivity contribution in [2.75, 3.05) is 19.3 Å². The monoisotopic (exact) mass is 331 g/mol. The SMILES string of the molecule is Cc1c(N)cc(Cl)cc1S(=O)(=O)N(C)CC(=O)NC1CC1. The molecule has 3 N–H and O–H groups in total. The number of anilines is 1. The molecular weight excluding hydrogens is 314 g/mol. The number of sulfonamides is 1. The van der Waals surface area contributed by atoms with Crippen LogP contribution >= 0.6 is 11.6 Å². The summed E-state index contributed by atoms with van der Waals surface area (Å²) in [6.45, 7) is 1.38. The third kappa shape index (κ3) is 3.66. The first kappa shape index (κ1) is 16.1. The van der Waals surface area contributed by atoms with E-state index in [4.69, 9.17) is 17.3 Å². The number of likely N-dealkylation sites (N-methyl/N-ethyl adjacent to an activating group) is 1. The minimum absolute atomic E-state index is 0.0224. The number of rotatable bonds is 5. The smallest absolute Gasteiger partial charge is 0.243 e. The highest BCUT2D eigenvalue weighted by Gasteiger charge is 2.28. The average molecular weight is 332 g/mol. The van der Waals surface area contributed by atoms with E-state index in [2.05, 4.69) is 5.32 Å². The second-order valence-corrected chi connectivity index (χ2v) is 7.67. The Balaban J connectivity index is 2.22. The van der Waals surface area contributed by atoms with Crippen molar-refractivity contribution >= 4 is 33.2 Å². The van der Waals surface area contributed by atoms with Gasteiger partial charge in [-0.3, -0.25) is 4.79 Å². The van der Waals surface area contributed by atoms with E-state index in [1.54, 1.807) is 6.92 Å². The first-order chi connectivity index (χ1) is 9.71. The van der Waals surface area contributed by atoms with Gasteiger partial charge in [0, 0.05) is 23.8 Å². The zero-order chi connectivity index (χ0) is 15.8. The number of carbonyl (C=O) groups is 1. The first-order valence-corrected chi connectivity index (χ1v) is 8.35. The molecule has 1 aromatic carbocycles. The van der Waals surface area contributed by atoms with Gasteiger partial charge in [0.25, 0.3) is 0 Å². The normalized spacial score (nSPS) is 15.2. The third-order valence-electron chi connectivity index (χ3n) is 3.36. The summed E-state index contributed by atoms with van der Waals surface area (Å²) >= 11 is 5.87. The number of nitrogen functional groups attached to an aromatic ring is 1. The van der Waals surface area contributed by atoms with Crippen LogP contribution in [0.4, 0.5) is 5.69 Å². The number of hydrogen-bond acceptors (Lipinski definition) is 4. The first-order valence-electron chi connectivity index (χ1n) is 6.53. The summed E-state index contributed by atoms with van der Waals surface area (Å²) in [7, 11) is -2.46. The highest BCUT2D eigenvalue weighted by atomic mass is 35.5. The van der Waals surface area contributed by atoms with Gasteiger partial charge in [-0.2, -0.15) is 4.31 Å². The summed E-state index contributed by atoms with van der Waals surface area (Å²) < 4.78 is 26.1. The molecular formula is C13H18ClN3O3S. The Bertz CT molecular complexity index is 671. The molecule has 1 amide bonds. The fourth-order valence-corrected chi connectivity index (χ4v) is 3.59. The van der Waals surface area contributed by atoms with Gasteiger partial charge in [0.05, 0.1) is 11.4 Å². The van der Waals surface area contributed by atoms with E-state index < -0.39 is 10.0 Å². The lowest BCUT2D eigenvalue weighted by atomic mass is 10.2. The summed E-state index contributed by atoms with van der Waals surface area (Å²) in [6.07, 6.45) is 1.90. The minimum atomic E-state index is -3.82. The zero-order valence-electron chi connectivity index (χ0n) is 11.9. The summed E-state index contributed by atoms with van der Waals surface area (Å²) in [6, 6.07) is 3.03. The molecule has 0 bridgehead atoms. The Hall–Kier alpha value is -1.31. The van der Waals surface area contributed by atoms with E-state index in [1.807, 2.05) is 0 Å². The number of nitrogens with zero attached hydrogens (tertiary/aromatic N) is 1. The van der Waals surface area contributed by atoms with Crippen LogP contribution in [0, 0.1) is 6.92 Å². The minimum Gasteiger partial charge on any atom is -0.398 e. The second kappa shape index (κ2) is 5.82. The standard InChI is InChI=1S/C13H18ClN3O3S/c1-8-11(15)5-9(14)6-12(8)21(19,20)17(2)7-13(18)16-10-3-4-10/h5-6,10H,3-4,7,15H2,1-2H3,(H,16,18). The van der Waals surface area contributed by atoms with Crippen LogP contribution in [0.3, 0.4) is 0 Å². The topological polar surface area (TPSA) is 92.5 Å². The molecule has 0 radical (unpaired) electrons. The fourth-order valence-electron chi connectivity index (χ4n) is 1.90. The number of nitrogens with one attached hydrogen (secondary N) is 1. The molecule has 2 rings (SSSR count). The molecule has 0 atom stereocenters. The summed E-state index contributed by atoms with van der Waals surface area (Å²) in [4.78, 5) is 11.8. The third-order valence-corrected chi connectivity index (χ3v) is 5.51. The zero-order valence-corrected chi connectivity index (χ0v) is 13.5. The van der Waals surface area contributed by atoms with Gasteiger partial charge in [0.1, 0.15) is 0 Å². The number of benzene rings is 1. The van der Waals surface area contributed by atoms with E-state index >= 15 is 0 Å². The number of hydrogen-bond donors (Lipinski definition) is 2. The molecule has 0 spiro atoms. The van der Waals surface area contributed by atoms with Crippen molar-refractivity contribution < 1.29 is 13.2 Å². The van der Waals surface area contributed by atoms with Crippen molar-refractivity contribution in [2.24, 2.45) is 0 Å². The van der Waals surface area contributed by atoms with Crippen LogP contribution < -0.4 is 11.1 Å². The second-order valence-electron chi connectivity index (χ2n) is 5.22. The number of amides is 1. The molecule has 0 aromatic heterocycles. The molecule has 1 aromatic rings. The Kier molecular flexibility index (Phi) is 4.46. The van der Waals surface area contributed by atoms with Gasteiger partial charge in [-0.05, 0) is 37.5 Å². The van der Waals surface area contributed by atoms with Crippen LogP contribution in [0.25, 0.3) is 0 Å². The molecule has 0 heterocycles. The lowest BCUT2D eigenvalue weighted by molar-refractivity contribution is -0.121. The molecule has 21 heavy (non-hydrogen) atoms. The summed E-state index contributed by atoms with van der Waals surface area (Å²) in [5, 5.41) is 2.99. The largest absolute Gasteiger partial charge is 0.398 e. The molecule has 6 nitrogen and oxygen atoms in total. The van der Waals surface area contributed by atoms with E-state index in [-0.39, 0.29) is 28.4 Å². The van der Waals surface area contributed by atoms with Gasteiger partial charge in [-0.25, -0.2) is 8.42 Å². The van der Waals surface area contributed by atoms with Gasteiger partial charge >= 0.3 is 0 Å². The van der Waals surface area contributed by atoms with Crippen molar-refractivity contribution in [3.05, 3.63) is 22.7 Å². The van der Waals surface area contributed by atoms with Crippen LogP contribution in [0.1, 0.15) is 18.4 Å². The molecule has 0 saturated heterocycles. The summed E-state index contributed by atoms with van der Waals surface area (Å²) in [5.74, 6) is -0.309. The van der Waals surface area contributed by atoms with Crippen molar-refractivity contribution in [1.29, 1.82) is 0 Å². The Morgan fingerprint density at radius 2 is 2.10 bits per heavy atom. The molecule has 0 aliphatic heterocycles. The molecule has 1 aliphatic carbocycles. The summed E-state index contributed by atoms with van der Waals surface area (Å²) in [5.41, 5.74) is 6.47. The molecule has 1 fully saturated rings. The van der Waals surface area contributed by atoms with Gasteiger partial charge in [0.15, 0.2) is 0 Å². The van der Waals surface area contributed by atoms with Gasteiger partial charge < -0.3 is 11.1 Å². The van der Waals surface area contributed by atoms with Crippen molar-refractivity contribution in [3.8, 4) is 0 Å². The molecule has 1 saturated carbocycles. The molecule has 0 unspecified atom stereocenters. The van der Waals surface area contributed by atoms with Crippen molar-refractivity contribution in [3.63, 3.8) is 0 Å². The lowest BCUT2D eigenvalue weighted by Crippen LogP contribution is -2.39. The molecule has 116 valence electrons. The van der Waals surface area contributed by atoms with E-state index in [1.165, 1.54) is 19.2 Å². The van der Waals surface area contributed by atoms with E-state index in [0.29, 0.717) is 11.3 Å². The van der Waals surface area contributed by atoms with Crippen LogP contribution in [0.15, 0.2) is 17.0 Å². The average Bonchev–Trinajstić information content (AvgIpc) is 3.17. The maximum absolute atomic E-state index is 12.5. The quantitative estimate of drug-likeness (QED) is 0.791. The van der Waals surface area contributed by atoms with E-state index in [0.717, 1.165) is 17.1 Å². The molecule has 1 aliphatic rings. The molecule has 8 heteroatoms. The van der Waals surface area contributed by atoms with Crippen LogP contribution in [0.2, 0.25) is 5.02 Å². The Labute approximate surface area is 129 Å². The van der Waals surface area contributed by atoms with Crippen LogP contribution in [-0.4, -0.2) is 38.3 Å². The number of nitrogens with two attached hydrogens (primary N) is 1. The van der Waals surface area contributed by atoms with Crippen LogP contribution in [-0.2, 0) is 14.8 Å². The van der Waals surface area contributed by atoms with Gasteiger partial charge in [-0.1, -0.05) is 11.6 Å². The predicted molar refractivity (Wildman–Crippen MR) is 81.6 cm³/mol. The number of halogens is 1. The fraction of sp³-hybridized carbons (Fsp3) is 0.462. The van der Waals surface area contributed by atoms with Crippen molar-refractivity contribution in [1.82, 2.24) is 9.62 Å². The van der Waals surface area contributed by atoms with Crippen molar-refractivity contribution in [2.45, 2.75) is 30.7 Å².